The number of ether oxygens (including phenoxy) is 1. The zero-order valence-electron chi connectivity index (χ0n) is 11.8. The first-order chi connectivity index (χ1) is 9.60. The van der Waals surface area contributed by atoms with Crippen LogP contribution in [-0.2, 0) is 17.9 Å². The molecule has 2 amide bonds. The van der Waals surface area contributed by atoms with E-state index in [0.29, 0.717) is 12.0 Å². The summed E-state index contributed by atoms with van der Waals surface area (Å²) in [5, 5.41) is 14.3. The highest BCUT2D eigenvalue weighted by Gasteiger charge is 2.09. The molecule has 0 heterocycles. The van der Waals surface area contributed by atoms with E-state index in [1.165, 1.54) is 13.2 Å². The molecule has 1 aromatic carbocycles. The molecular weight excluding hydrogens is 263 g/mol. The van der Waals surface area contributed by atoms with Gasteiger partial charge in [0, 0.05) is 19.2 Å². The molecule has 1 rings (SSSR count). The van der Waals surface area contributed by atoms with E-state index in [1.807, 2.05) is 6.92 Å². The standard InChI is InChI=1S/C14H21FN2O3/c1-3-12(8-18)17-14(19)16-7-10-4-5-13(15)11(6-10)9-20-2/h4-6,12,18H,3,7-9H2,1-2H3,(H2,16,17,19). The van der Waals surface area contributed by atoms with Gasteiger partial charge in [-0.2, -0.15) is 0 Å². The molecule has 0 radical (unpaired) electrons. The van der Waals surface area contributed by atoms with Crippen LogP contribution in [0.15, 0.2) is 18.2 Å². The number of carbonyl (C=O) groups excluding carboxylic acids is 1. The van der Waals surface area contributed by atoms with Crippen molar-refractivity contribution < 1.29 is 19.0 Å². The van der Waals surface area contributed by atoms with Gasteiger partial charge >= 0.3 is 6.03 Å². The van der Waals surface area contributed by atoms with Gasteiger partial charge in [-0.3, -0.25) is 0 Å². The number of benzene rings is 1. The van der Waals surface area contributed by atoms with Gasteiger partial charge in [-0.15, -0.1) is 0 Å². The van der Waals surface area contributed by atoms with E-state index in [1.54, 1.807) is 12.1 Å². The summed E-state index contributed by atoms with van der Waals surface area (Å²) in [6.45, 7) is 2.25. The first-order valence-corrected chi connectivity index (χ1v) is 6.52. The lowest BCUT2D eigenvalue weighted by Gasteiger charge is -2.15. The molecule has 0 spiro atoms. The number of halogens is 1. The second-order valence-electron chi connectivity index (χ2n) is 4.47. The molecule has 0 aliphatic heterocycles. The van der Waals surface area contributed by atoms with Gasteiger partial charge < -0.3 is 20.5 Å². The van der Waals surface area contributed by atoms with Crippen molar-refractivity contribution in [3.63, 3.8) is 0 Å². The van der Waals surface area contributed by atoms with Gasteiger partial charge in [0.25, 0.3) is 0 Å². The van der Waals surface area contributed by atoms with Gasteiger partial charge in [0.05, 0.1) is 19.3 Å². The van der Waals surface area contributed by atoms with Gasteiger partial charge in [-0.1, -0.05) is 13.0 Å². The van der Waals surface area contributed by atoms with Crippen LogP contribution in [0.2, 0.25) is 0 Å². The smallest absolute Gasteiger partial charge is 0.315 e. The van der Waals surface area contributed by atoms with E-state index in [9.17, 15) is 9.18 Å². The van der Waals surface area contributed by atoms with Crippen molar-refractivity contribution in [1.29, 1.82) is 0 Å². The highest BCUT2D eigenvalue weighted by atomic mass is 19.1. The maximum absolute atomic E-state index is 13.4. The third-order valence-corrected chi connectivity index (χ3v) is 2.91. The molecule has 1 aromatic rings. The van der Waals surface area contributed by atoms with Crippen molar-refractivity contribution >= 4 is 6.03 Å². The maximum atomic E-state index is 13.4. The Kier molecular flexibility index (Phi) is 6.97. The van der Waals surface area contributed by atoms with Crippen LogP contribution < -0.4 is 10.6 Å². The molecule has 0 fully saturated rings. The second-order valence-corrected chi connectivity index (χ2v) is 4.47. The van der Waals surface area contributed by atoms with Crippen molar-refractivity contribution in [3.8, 4) is 0 Å². The fourth-order valence-electron chi connectivity index (χ4n) is 1.70. The Morgan fingerprint density at radius 1 is 1.50 bits per heavy atom. The SMILES string of the molecule is CCC(CO)NC(=O)NCc1ccc(F)c(COC)c1. The molecule has 0 aromatic heterocycles. The van der Waals surface area contributed by atoms with Crippen molar-refractivity contribution in [2.75, 3.05) is 13.7 Å². The van der Waals surface area contributed by atoms with Gasteiger partial charge in [-0.05, 0) is 24.1 Å². The minimum atomic E-state index is -0.358. The first kappa shape index (κ1) is 16.4. The number of urea groups is 1. The van der Waals surface area contributed by atoms with Crippen LogP contribution in [0.4, 0.5) is 9.18 Å². The second kappa shape index (κ2) is 8.50. The Hall–Kier alpha value is -1.66. The zero-order valence-corrected chi connectivity index (χ0v) is 11.8. The molecule has 3 N–H and O–H groups in total. The van der Waals surface area contributed by atoms with Crippen LogP contribution in [0.3, 0.4) is 0 Å². The lowest BCUT2D eigenvalue weighted by atomic mass is 10.1. The summed E-state index contributed by atoms with van der Waals surface area (Å²) in [4.78, 5) is 11.6. The number of carbonyl (C=O) groups is 1. The molecule has 0 aliphatic carbocycles. The molecule has 0 saturated heterocycles. The number of hydrogen-bond acceptors (Lipinski definition) is 3. The summed E-state index contributed by atoms with van der Waals surface area (Å²) in [5.41, 5.74) is 1.24. The lowest BCUT2D eigenvalue weighted by Crippen LogP contribution is -2.43. The summed E-state index contributed by atoms with van der Waals surface area (Å²) in [5.74, 6) is -0.327. The molecule has 112 valence electrons. The first-order valence-electron chi connectivity index (χ1n) is 6.52. The fraction of sp³-hybridized carbons (Fsp3) is 0.500. The van der Waals surface area contributed by atoms with Crippen LogP contribution >= 0.6 is 0 Å². The average Bonchev–Trinajstić information content (AvgIpc) is 2.45. The van der Waals surface area contributed by atoms with Crippen molar-refractivity contribution in [1.82, 2.24) is 10.6 Å². The van der Waals surface area contributed by atoms with Crippen LogP contribution in [0.5, 0.6) is 0 Å². The number of amides is 2. The molecule has 1 unspecified atom stereocenters. The third-order valence-electron chi connectivity index (χ3n) is 2.91. The summed E-state index contributed by atoms with van der Waals surface area (Å²) in [7, 11) is 1.50. The predicted octanol–water partition coefficient (Wildman–Crippen LogP) is 1.54. The summed E-state index contributed by atoms with van der Waals surface area (Å²) in [6, 6.07) is 4.00. The molecule has 6 heteroatoms. The number of methoxy groups -OCH3 is 1. The van der Waals surface area contributed by atoms with E-state index in [4.69, 9.17) is 9.84 Å². The number of hydrogen-bond donors (Lipinski definition) is 3. The Morgan fingerprint density at radius 3 is 2.85 bits per heavy atom. The van der Waals surface area contributed by atoms with Crippen molar-refractivity contribution in [3.05, 3.63) is 35.1 Å². The molecule has 0 aliphatic rings. The Labute approximate surface area is 118 Å². The topological polar surface area (TPSA) is 70.6 Å². The number of nitrogens with one attached hydrogen (secondary N) is 2. The van der Waals surface area contributed by atoms with Gasteiger partial charge in [0.15, 0.2) is 0 Å². The lowest BCUT2D eigenvalue weighted by molar-refractivity contribution is 0.181. The zero-order chi connectivity index (χ0) is 15.0. The molecule has 20 heavy (non-hydrogen) atoms. The summed E-state index contributed by atoms with van der Waals surface area (Å²) < 4.78 is 18.3. The number of rotatable bonds is 7. The monoisotopic (exact) mass is 284 g/mol. The van der Waals surface area contributed by atoms with E-state index < -0.39 is 0 Å². The highest BCUT2D eigenvalue weighted by molar-refractivity contribution is 5.74. The van der Waals surface area contributed by atoms with Crippen molar-refractivity contribution in [2.24, 2.45) is 0 Å². The van der Waals surface area contributed by atoms with E-state index in [2.05, 4.69) is 10.6 Å². The third kappa shape index (κ3) is 5.14. The molecule has 0 saturated carbocycles. The Balaban J connectivity index is 2.52. The maximum Gasteiger partial charge on any atom is 0.315 e. The van der Waals surface area contributed by atoms with Gasteiger partial charge in [0.1, 0.15) is 5.82 Å². The highest BCUT2D eigenvalue weighted by Crippen LogP contribution is 2.11. The van der Waals surface area contributed by atoms with Gasteiger partial charge in [0.2, 0.25) is 0 Å². The van der Waals surface area contributed by atoms with E-state index >= 15 is 0 Å². The molecular formula is C14H21FN2O3. The number of aliphatic hydroxyl groups excluding tert-OH is 1. The van der Waals surface area contributed by atoms with Crippen LogP contribution in [0.25, 0.3) is 0 Å². The average molecular weight is 284 g/mol. The quantitative estimate of drug-likeness (QED) is 0.711. The van der Waals surface area contributed by atoms with Crippen molar-refractivity contribution in [2.45, 2.75) is 32.5 Å². The van der Waals surface area contributed by atoms with Gasteiger partial charge in [-0.25, -0.2) is 9.18 Å². The molecule has 1 atom stereocenters. The Morgan fingerprint density at radius 2 is 2.25 bits per heavy atom. The van der Waals surface area contributed by atoms with Crippen LogP contribution in [-0.4, -0.2) is 30.9 Å². The van der Waals surface area contributed by atoms with Crippen LogP contribution in [0.1, 0.15) is 24.5 Å². The summed E-state index contributed by atoms with van der Waals surface area (Å²) >= 11 is 0. The molecule has 0 bridgehead atoms. The van der Waals surface area contributed by atoms with E-state index in [-0.39, 0.29) is 37.6 Å². The minimum absolute atomic E-state index is 0.0988. The Bertz CT molecular complexity index is 436. The summed E-state index contributed by atoms with van der Waals surface area (Å²) in [6.07, 6.45) is 0.651. The fourth-order valence-corrected chi connectivity index (χ4v) is 1.70. The molecule has 5 nitrogen and oxygen atoms in total. The minimum Gasteiger partial charge on any atom is -0.394 e. The van der Waals surface area contributed by atoms with E-state index in [0.717, 1.165) is 5.56 Å². The predicted molar refractivity (Wildman–Crippen MR) is 73.6 cm³/mol. The number of aliphatic hydroxyl groups is 1. The normalized spacial score (nSPS) is 12.0. The largest absolute Gasteiger partial charge is 0.394 e. The van der Waals surface area contributed by atoms with Crippen LogP contribution in [0, 0.1) is 5.82 Å².